The number of halogens is 1. The molecule has 0 aliphatic heterocycles. The minimum absolute atomic E-state index is 0.938. The normalized spacial score (nSPS) is 10.5. The van der Waals surface area contributed by atoms with Crippen molar-refractivity contribution in [1.29, 1.82) is 0 Å². The van der Waals surface area contributed by atoms with Gasteiger partial charge in [0.15, 0.2) is 0 Å². The van der Waals surface area contributed by atoms with Gasteiger partial charge in [0.2, 0.25) is 0 Å². The number of aryl methyl sites for hydroxylation is 1. The molecule has 0 amide bonds. The van der Waals surface area contributed by atoms with Crippen molar-refractivity contribution in [1.82, 2.24) is 0 Å². The average Bonchev–Trinajstić information content (AvgIpc) is 2.29. The van der Waals surface area contributed by atoms with Gasteiger partial charge < -0.3 is 4.90 Å². The molecule has 1 rings (SSSR count). The molecule has 1 aromatic carbocycles. The molecule has 0 unspecified atom stereocenters. The third kappa shape index (κ3) is 3.82. The minimum atomic E-state index is 0.938. The number of benzene rings is 1. The summed E-state index contributed by atoms with van der Waals surface area (Å²) in [6.07, 6.45) is 3.89. The van der Waals surface area contributed by atoms with Crippen molar-refractivity contribution in [3.63, 3.8) is 0 Å². The van der Waals surface area contributed by atoms with Crippen LogP contribution in [0.4, 0.5) is 5.69 Å². The van der Waals surface area contributed by atoms with Gasteiger partial charge in [-0.2, -0.15) is 0 Å². The molecule has 2 heteroatoms. The van der Waals surface area contributed by atoms with Crippen LogP contribution in [0.2, 0.25) is 0 Å². The van der Waals surface area contributed by atoms with Gasteiger partial charge in [0.05, 0.1) is 0 Å². The molecular weight excluding hydrogens is 262 g/mol. The van der Waals surface area contributed by atoms with Crippen LogP contribution >= 0.6 is 15.9 Å². The smallest absolute Gasteiger partial charge is 0.0393 e. The Morgan fingerprint density at radius 1 is 1.25 bits per heavy atom. The van der Waals surface area contributed by atoms with E-state index < -0.39 is 0 Å². The van der Waals surface area contributed by atoms with Gasteiger partial charge in [0.1, 0.15) is 0 Å². The van der Waals surface area contributed by atoms with Crippen molar-refractivity contribution in [2.24, 2.45) is 0 Å². The number of hydrogen-bond donors (Lipinski definition) is 0. The molecule has 1 nitrogen and oxygen atoms in total. The summed E-state index contributed by atoms with van der Waals surface area (Å²) in [4.78, 5) is 2.36. The Morgan fingerprint density at radius 2 is 2.00 bits per heavy atom. The third-order valence-electron chi connectivity index (χ3n) is 2.92. The van der Waals surface area contributed by atoms with Crippen LogP contribution in [-0.2, 0) is 5.33 Å². The molecule has 0 spiro atoms. The zero-order valence-electron chi connectivity index (χ0n) is 10.6. The van der Waals surface area contributed by atoms with Crippen LogP contribution in [0.3, 0.4) is 0 Å². The van der Waals surface area contributed by atoms with Crippen molar-refractivity contribution in [2.75, 3.05) is 18.5 Å². The molecule has 0 atom stereocenters. The third-order valence-corrected chi connectivity index (χ3v) is 3.57. The molecule has 0 fully saturated rings. The number of unbranched alkanes of at least 4 members (excludes halogenated alkanes) is 2. The van der Waals surface area contributed by atoms with E-state index in [-0.39, 0.29) is 0 Å². The molecule has 0 aromatic heterocycles. The quantitative estimate of drug-likeness (QED) is 0.548. The predicted octanol–water partition coefficient (Wildman–Crippen LogP) is 4.52. The highest BCUT2D eigenvalue weighted by atomic mass is 79.9. The Balaban J connectivity index is 2.64. The van der Waals surface area contributed by atoms with E-state index in [1.54, 1.807) is 0 Å². The Labute approximate surface area is 108 Å². The van der Waals surface area contributed by atoms with Crippen molar-refractivity contribution in [3.05, 3.63) is 29.3 Å². The first kappa shape index (κ1) is 13.6. The maximum Gasteiger partial charge on any atom is 0.0393 e. The highest BCUT2D eigenvalue weighted by Gasteiger charge is 2.04. The minimum Gasteiger partial charge on any atom is -0.374 e. The summed E-state index contributed by atoms with van der Waals surface area (Å²) in [5.41, 5.74) is 4.08. The number of nitrogens with zero attached hydrogens (tertiary/aromatic N) is 1. The Bertz CT molecular complexity index is 323. The van der Waals surface area contributed by atoms with Crippen LogP contribution in [0, 0.1) is 6.92 Å². The van der Waals surface area contributed by atoms with E-state index in [4.69, 9.17) is 0 Å². The van der Waals surface area contributed by atoms with Gasteiger partial charge in [-0.25, -0.2) is 0 Å². The average molecular weight is 284 g/mol. The fraction of sp³-hybridized carbons (Fsp3) is 0.571. The molecule has 16 heavy (non-hydrogen) atoms. The molecule has 90 valence electrons. The Kier molecular flexibility index (Phi) is 5.89. The van der Waals surface area contributed by atoms with Crippen molar-refractivity contribution in [3.8, 4) is 0 Å². The van der Waals surface area contributed by atoms with Crippen molar-refractivity contribution >= 4 is 21.6 Å². The van der Waals surface area contributed by atoms with Gasteiger partial charge in [-0.3, -0.25) is 0 Å². The second-order valence-corrected chi connectivity index (χ2v) is 4.94. The fourth-order valence-electron chi connectivity index (χ4n) is 1.95. The summed E-state index contributed by atoms with van der Waals surface area (Å²) in [5.74, 6) is 0. The van der Waals surface area contributed by atoms with Gasteiger partial charge in [-0.15, -0.1) is 0 Å². The lowest BCUT2D eigenvalue weighted by Crippen LogP contribution is -2.19. The highest BCUT2D eigenvalue weighted by molar-refractivity contribution is 9.08. The van der Waals surface area contributed by atoms with E-state index in [1.807, 2.05) is 0 Å². The topological polar surface area (TPSA) is 3.24 Å². The highest BCUT2D eigenvalue weighted by Crippen LogP contribution is 2.21. The van der Waals surface area contributed by atoms with E-state index >= 15 is 0 Å². The second-order valence-electron chi connectivity index (χ2n) is 4.38. The summed E-state index contributed by atoms with van der Waals surface area (Å²) in [7, 11) is 2.19. The van der Waals surface area contributed by atoms with Crippen LogP contribution in [0.15, 0.2) is 18.2 Å². The van der Waals surface area contributed by atoms with Crippen molar-refractivity contribution < 1.29 is 0 Å². The van der Waals surface area contributed by atoms with E-state index in [0.717, 1.165) is 11.9 Å². The number of alkyl halides is 1. The van der Waals surface area contributed by atoms with E-state index in [0.29, 0.717) is 0 Å². The molecular formula is C14H22BrN. The monoisotopic (exact) mass is 283 g/mol. The molecule has 1 aromatic rings. The summed E-state index contributed by atoms with van der Waals surface area (Å²) >= 11 is 3.49. The molecule has 0 radical (unpaired) electrons. The lowest BCUT2D eigenvalue weighted by atomic mass is 10.1. The lowest BCUT2D eigenvalue weighted by molar-refractivity contribution is 0.704. The Hall–Kier alpha value is -0.500. The lowest BCUT2D eigenvalue weighted by Gasteiger charge is -2.21. The van der Waals surface area contributed by atoms with Crippen LogP contribution in [0.25, 0.3) is 0 Å². The molecule has 0 aliphatic carbocycles. The second kappa shape index (κ2) is 6.95. The first-order chi connectivity index (χ1) is 7.69. The summed E-state index contributed by atoms with van der Waals surface area (Å²) < 4.78 is 0. The largest absolute Gasteiger partial charge is 0.374 e. The van der Waals surface area contributed by atoms with Gasteiger partial charge in [-0.1, -0.05) is 47.8 Å². The SMILES string of the molecule is CCCCCN(C)c1ccc(CBr)cc1C. The zero-order chi connectivity index (χ0) is 12.0. The van der Waals surface area contributed by atoms with Crippen LogP contribution in [0.5, 0.6) is 0 Å². The molecule has 0 heterocycles. The number of anilines is 1. The molecule has 0 aliphatic rings. The fourth-order valence-corrected chi connectivity index (χ4v) is 2.30. The van der Waals surface area contributed by atoms with E-state index in [1.165, 1.54) is 36.1 Å². The van der Waals surface area contributed by atoms with Crippen LogP contribution in [-0.4, -0.2) is 13.6 Å². The first-order valence-corrected chi connectivity index (χ1v) is 7.17. The van der Waals surface area contributed by atoms with Crippen LogP contribution in [0.1, 0.15) is 37.3 Å². The predicted molar refractivity (Wildman–Crippen MR) is 76.6 cm³/mol. The van der Waals surface area contributed by atoms with Crippen LogP contribution < -0.4 is 4.90 Å². The summed E-state index contributed by atoms with van der Waals surface area (Å²) in [6.45, 7) is 5.59. The van der Waals surface area contributed by atoms with Gasteiger partial charge in [0, 0.05) is 24.6 Å². The maximum atomic E-state index is 3.49. The van der Waals surface area contributed by atoms with Gasteiger partial charge >= 0.3 is 0 Å². The van der Waals surface area contributed by atoms with Gasteiger partial charge in [-0.05, 0) is 30.5 Å². The van der Waals surface area contributed by atoms with E-state index in [9.17, 15) is 0 Å². The maximum absolute atomic E-state index is 3.49. The molecule has 0 saturated carbocycles. The number of rotatable bonds is 6. The molecule has 0 N–H and O–H groups in total. The van der Waals surface area contributed by atoms with E-state index in [2.05, 4.69) is 59.9 Å². The van der Waals surface area contributed by atoms with Gasteiger partial charge in [0.25, 0.3) is 0 Å². The summed E-state index contributed by atoms with van der Waals surface area (Å²) in [5, 5.41) is 0.938. The first-order valence-electron chi connectivity index (χ1n) is 6.05. The Morgan fingerprint density at radius 3 is 2.56 bits per heavy atom. The summed E-state index contributed by atoms with van der Waals surface area (Å²) in [6, 6.07) is 6.70. The zero-order valence-corrected chi connectivity index (χ0v) is 12.2. The standard InChI is InChI=1S/C14H22BrN/c1-4-5-6-9-16(3)14-8-7-13(11-15)10-12(14)2/h7-8,10H,4-6,9,11H2,1-3H3. The molecule has 0 bridgehead atoms. The molecule has 0 saturated heterocycles. The van der Waals surface area contributed by atoms with Crippen molar-refractivity contribution in [2.45, 2.75) is 38.4 Å². The number of hydrogen-bond acceptors (Lipinski definition) is 1.